The van der Waals surface area contributed by atoms with Crippen LogP contribution in [0.2, 0.25) is 0 Å². The van der Waals surface area contributed by atoms with Crippen LogP contribution in [-0.4, -0.2) is 36.5 Å². The predicted octanol–water partition coefficient (Wildman–Crippen LogP) is 0.995. The number of likely N-dealkylation sites (N-methyl/N-ethyl adjacent to an activating group) is 2. The highest BCUT2D eigenvalue weighted by atomic mass is 16.2. The molecule has 1 saturated heterocycles. The molecule has 1 fully saturated rings. The second-order valence-corrected chi connectivity index (χ2v) is 4.44. The monoisotopic (exact) mass is 184 g/mol. The average Bonchev–Trinajstić information content (AvgIpc) is 2.17. The number of carbonyl (C=O) groups excluding carboxylic acids is 1. The van der Waals surface area contributed by atoms with Crippen LogP contribution in [0, 0.1) is 0 Å². The van der Waals surface area contributed by atoms with Crippen LogP contribution in [0.3, 0.4) is 0 Å². The molecule has 1 aliphatic rings. The van der Waals surface area contributed by atoms with E-state index in [-0.39, 0.29) is 17.5 Å². The Morgan fingerprint density at radius 2 is 2.15 bits per heavy atom. The van der Waals surface area contributed by atoms with Gasteiger partial charge in [-0.3, -0.25) is 4.79 Å². The number of carbonyl (C=O) groups is 1. The first-order valence-corrected chi connectivity index (χ1v) is 4.94. The van der Waals surface area contributed by atoms with Gasteiger partial charge in [-0.05, 0) is 40.2 Å². The minimum absolute atomic E-state index is 0.0166. The van der Waals surface area contributed by atoms with Gasteiger partial charge in [0.1, 0.15) is 0 Å². The lowest BCUT2D eigenvalue weighted by molar-refractivity contribution is -0.135. The Morgan fingerprint density at radius 3 is 2.69 bits per heavy atom. The lowest BCUT2D eigenvalue weighted by Gasteiger charge is -2.34. The Bertz CT molecular complexity index is 201. The van der Waals surface area contributed by atoms with Crippen LogP contribution in [0.15, 0.2) is 0 Å². The third-order valence-corrected chi connectivity index (χ3v) is 3.17. The van der Waals surface area contributed by atoms with Gasteiger partial charge in [0.15, 0.2) is 0 Å². The van der Waals surface area contributed by atoms with Crippen LogP contribution in [0.5, 0.6) is 0 Å². The van der Waals surface area contributed by atoms with Gasteiger partial charge in [0.05, 0.1) is 6.04 Å². The molecule has 1 rings (SSSR count). The lowest BCUT2D eigenvalue weighted by Crippen LogP contribution is -2.49. The van der Waals surface area contributed by atoms with Gasteiger partial charge >= 0.3 is 0 Å². The molecule has 0 aromatic heterocycles. The second kappa shape index (κ2) is 3.66. The molecule has 0 aromatic rings. The third kappa shape index (κ3) is 2.02. The summed E-state index contributed by atoms with van der Waals surface area (Å²) in [5.74, 6) is 0.227. The fraction of sp³-hybridized carbons (Fsp3) is 0.900. The van der Waals surface area contributed by atoms with E-state index in [0.717, 1.165) is 19.3 Å². The minimum atomic E-state index is 0.0166. The molecular weight excluding hydrogens is 164 g/mol. The molecule has 3 heteroatoms. The number of rotatable bonds is 1. The molecule has 1 unspecified atom stereocenters. The van der Waals surface area contributed by atoms with Crippen molar-refractivity contribution < 1.29 is 4.79 Å². The van der Waals surface area contributed by atoms with Gasteiger partial charge in [-0.1, -0.05) is 0 Å². The highest BCUT2D eigenvalue weighted by Crippen LogP contribution is 2.25. The number of hydrogen-bond donors (Lipinski definition) is 1. The van der Waals surface area contributed by atoms with E-state index in [1.807, 2.05) is 19.0 Å². The molecule has 3 nitrogen and oxygen atoms in total. The van der Waals surface area contributed by atoms with Crippen LogP contribution < -0.4 is 5.32 Å². The van der Waals surface area contributed by atoms with E-state index in [0.29, 0.717) is 0 Å². The van der Waals surface area contributed by atoms with Gasteiger partial charge in [-0.2, -0.15) is 0 Å². The number of amides is 1. The van der Waals surface area contributed by atoms with Gasteiger partial charge in [0.2, 0.25) is 5.91 Å². The Balaban J connectivity index is 2.80. The van der Waals surface area contributed by atoms with Crippen molar-refractivity contribution >= 4 is 5.91 Å². The fourth-order valence-corrected chi connectivity index (χ4v) is 1.83. The standard InChI is InChI=1S/C10H20N2O/c1-10(2)7-5-6-8(11-3)9(13)12(10)4/h8,11H,5-7H2,1-4H3. The topological polar surface area (TPSA) is 32.3 Å². The van der Waals surface area contributed by atoms with Gasteiger partial charge in [-0.25, -0.2) is 0 Å². The Kier molecular flexibility index (Phi) is 2.96. The van der Waals surface area contributed by atoms with E-state index in [9.17, 15) is 4.79 Å². The summed E-state index contributed by atoms with van der Waals surface area (Å²) >= 11 is 0. The zero-order chi connectivity index (χ0) is 10.1. The fourth-order valence-electron chi connectivity index (χ4n) is 1.83. The average molecular weight is 184 g/mol. The summed E-state index contributed by atoms with van der Waals surface area (Å²) in [6, 6.07) is 0.0202. The van der Waals surface area contributed by atoms with Crippen molar-refractivity contribution in [2.75, 3.05) is 14.1 Å². The summed E-state index contributed by atoms with van der Waals surface area (Å²) in [6.07, 6.45) is 3.17. The van der Waals surface area contributed by atoms with E-state index in [1.165, 1.54) is 0 Å². The van der Waals surface area contributed by atoms with E-state index < -0.39 is 0 Å². The first kappa shape index (κ1) is 10.5. The first-order valence-electron chi connectivity index (χ1n) is 4.94. The van der Waals surface area contributed by atoms with E-state index in [1.54, 1.807) is 0 Å². The van der Waals surface area contributed by atoms with E-state index >= 15 is 0 Å². The molecule has 13 heavy (non-hydrogen) atoms. The molecule has 0 saturated carbocycles. The van der Waals surface area contributed by atoms with Crippen LogP contribution in [0.1, 0.15) is 33.1 Å². The molecule has 1 amide bonds. The maximum absolute atomic E-state index is 11.9. The SMILES string of the molecule is CNC1CCCC(C)(C)N(C)C1=O. The molecular formula is C10H20N2O. The summed E-state index contributed by atoms with van der Waals surface area (Å²) in [5.41, 5.74) is 0.0166. The van der Waals surface area contributed by atoms with Crippen molar-refractivity contribution in [1.29, 1.82) is 0 Å². The highest BCUT2D eigenvalue weighted by Gasteiger charge is 2.34. The molecule has 0 bridgehead atoms. The molecule has 1 N–H and O–H groups in total. The Hall–Kier alpha value is -0.570. The number of nitrogens with zero attached hydrogens (tertiary/aromatic N) is 1. The molecule has 1 aliphatic heterocycles. The van der Waals surface area contributed by atoms with Crippen molar-refractivity contribution in [1.82, 2.24) is 10.2 Å². The van der Waals surface area contributed by atoms with Gasteiger partial charge in [0.25, 0.3) is 0 Å². The van der Waals surface area contributed by atoms with Crippen LogP contribution >= 0.6 is 0 Å². The summed E-state index contributed by atoms with van der Waals surface area (Å²) in [4.78, 5) is 13.7. The third-order valence-electron chi connectivity index (χ3n) is 3.17. The molecule has 0 spiro atoms. The molecule has 1 heterocycles. The van der Waals surface area contributed by atoms with Crippen molar-refractivity contribution in [3.8, 4) is 0 Å². The quantitative estimate of drug-likeness (QED) is 0.659. The Morgan fingerprint density at radius 1 is 1.54 bits per heavy atom. The smallest absolute Gasteiger partial charge is 0.239 e. The van der Waals surface area contributed by atoms with E-state index in [2.05, 4.69) is 19.2 Å². The number of nitrogens with one attached hydrogen (secondary N) is 1. The molecule has 0 aromatic carbocycles. The minimum Gasteiger partial charge on any atom is -0.339 e. The van der Waals surface area contributed by atoms with Gasteiger partial charge < -0.3 is 10.2 Å². The predicted molar refractivity (Wildman–Crippen MR) is 53.5 cm³/mol. The lowest BCUT2D eigenvalue weighted by atomic mass is 9.97. The molecule has 1 atom stereocenters. The summed E-state index contributed by atoms with van der Waals surface area (Å²) < 4.78 is 0. The normalized spacial score (nSPS) is 28.8. The van der Waals surface area contributed by atoms with Crippen LogP contribution in [-0.2, 0) is 4.79 Å². The molecule has 0 radical (unpaired) electrons. The number of hydrogen-bond acceptors (Lipinski definition) is 2. The Labute approximate surface area is 80.5 Å². The van der Waals surface area contributed by atoms with Crippen molar-refractivity contribution in [3.63, 3.8) is 0 Å². The summed E-state index contributed by atoms with van der Waals surface area (Å²) in [7, 11) is 3.76. The summed E-state index contributed by atoms with van der Waals surface area (Å²) in [6.45, 7) is 4.26. The van der Waals surface area contributed by atoms with Crippen LogP contribution in [0.25, 0.3) is 0 Å². The molecule has 0 aliphatic carbocycles. The van der Waals surface area contributed by atoms with Crippen molar-refractivity contribution in [2.45, 2.75) is 44.7 Å². The number of likely N-dealkylation sites (tertiary alicyclic amines) is 1. The largest absolute Gasteiger partial charge is 0.339 e. The maximum Gasteiger partial charge on any atom is 0.239 e. The molecule has 76 valence electrons. The van der Waals surface area contributed by atoms with Crippen LogP contribution in [0.4, 0.5) is 0 Å². The highest BCUT2D eigenvalue weighted by molar-refractivity contribution is 5.82. The zero-order valence-corrected chi connectivity index (χ0v) is 9.05. The first-order chi connectivity index (χ1) is 5.99. The van der Waals surface area contributed by atoms with Crippen molar-refractivity contribution in [3.05, 3.63) is 0 Å². The zero-order valence-electron chi connectivity index (χ0n) is 9.05. The van der Waals surface area contributed by atoms with Crippen molar-refractivity contribution in [2.24, 2.45) is 0 Å². The maximum atomic E-state index is 11.9. The second-order valence-electron chi connectivity index (χ2n) is 4.44. The van der Waals surface area contributed by atoms with Gasteiger partial charge in [0, 0.05) is 12.6 Å². The van der Waals surface area contributed by atoms with E-state index in [4.69, 9.17) is 0 Å². The summed E-state index contributed by atoms with van der Waals surface area (Å²) in [5, 5.41) is 3.07. The van der Waals surface area contributed by atoms with Gasteiger partial charge in [-0.15, -0.1) is 0 Å².